The van der Waals surface area contributed by atoms with Crippen LogP contribution < -0.4 is 31.6 Å². The molecule has 43 heavy (non-hydrogen) atoms. The Balaban J connectivity index is 1.30. The first-order valence-electron chi connectivity index (χ1n) is 13.4. The van der Waals surface area contributed by atoms with Crippen LogP contribution in [0.5, 0.6) is 28.7 Å². The van der Waals surface area contributed by atoms with Crippen molar-refractivity contribution in [1.82, 2.24) is 0 Å². The summed E-state index contributed by atoms with van der Waals surface area (Å²) in [7, 11) is 0. The van der Waals surface area contributed by atoms with Gasteiger partial charge in [-0.1, -0.05) is 12.1 Å². The quantitative estimate of drug-likeness (QED) is 0.122. The van der Waals surface area contributed by atoms with Crippen LogP contribution in [0.1, 0.15) is 31.8 Å². The number of nitrogens with two attached hydrogens (primary N) is 2. The number of phenolic OH excluding ortho intramolecular Hbond substituents is 1. The smallest absolute Gasteiger partial charge is 0.255 e. The maximum Gasteiger partial charge on any atom is 0.255 e. The van der Waals surface area contributed by atoms with E-state index in [1.54, 1.807) is 72.8 Å². The van der Waals surface area contributed by atoms with Crippen molar-refractivity contribution in [1.29, 1.82) is 0 Å². The van der Waals surface area contributed by atoms with Gasteiger partial charge in [0.15, 0.2) is 0 Å². The highest BCUT2D eigenvalue weighted by molar-refractivity contribution is 6.09. The molecule has 0 radical (unpaired) electrons. The average Bonchev–Trinajstić information content (AvgIpc) is 2.98. The Morgan fingerprint density at radius 1 is 0.581 bits per heavy atom. The number of rotatable bonds is 8. The highest BCUT2D eigenvalue weighted by Crippen LogP contribution is 2.30. The van der Waals surface area contributed by atoms with Crippen molar-refractivity contribution < 1.29 is 24.2 Å². The zero-order valence-electron chi connectivity index (χ0n) is 23.5. The molecule has 5 rings (SSSR count). The fraction of sp³-hybridized carbons (Fsp3) is 0.0588. The molecular weight excluding hydrogens is 544 g/mol. The zero-order valence-corrected chi connectivity index (χ0v) is 23.5. The van der Waals surface area contributed by atoms with Crippen molar-refractivity contribution in [2.45, 2.75) is 13.8 Å². The van der Waals surface area contributed by atoms with E-state index >= 15 is 0 Å². The second kappa shape index (κ2) is 12.3. The first kappa shape index (κ1) is 28.6. The number of benzene rings is 5. The highest BCUT2D eigenvalue weighted by Gasteiger charge is 2.15. The van der Waals surface area contributed by atoms with Gasteiger partial charge in [0, 0.05) is 46.0 Å². The van der Waals surface area contributed by atoms with E-state index in [1.807, 2.05) is 26.0 Å². The minimum atomic E-state index is -0.512. The molecule has 0 aliphatic carbocycles. The molecule has 0 spiro atoms. The molecular formula is C34H30N4O5. The molecule has 9 heteroatoms. The molecule has 0 saturated carbocycles. The van der Waals surface area contributed by atoms with Crippen LogP contribution >= 0.6 is 0 Å². The summed E-state index contributed by atoms with van der Waals surface area (Å²) < 4.78 is 11.9. The molecule has 0 atom stereocenters. The summed E-state index contributed by atoms with van der Waals surface area (Å²) >= 11 is 0. The summed E-state index contributed by atoms with van der Waals surface area (Å²) in [6, 6.07) is 28.4. The van der Waals surface area contributed by atoms with Gasteiger partial charge in [-0.15, -0.1) is 0 Å². The summed E-state index contributed by atoms with van der Waals surface area (Å²) in [5.41, 5.74) is 15.6. The van der Waals surface area contributed by atoms with Gasteiger partial charge in [0.1, 0.15) is 28.7 Å². The van der Waals surface area contributed by atoms with Crippen LogP contribution in [0.15, 0.2) is 103 Å². The minimum Gasteiger partial charge on any atom is -0.508 e. The first-order chi connectivity index (χ1) is 20.6. The summed E-state index contributed by atoms with van der Waals surface area (Å²) in [4.78, 5) is 26.3. The molecule has 5 aromatic carbocycles. The number of anilines is 4. The molecule has 216 valence electrons. The average molecular weight is 575 g/mol. The van der Waals surface area contributed by atoms with Crippen molar-refractivity contribution in [3.63, 3.8) is 0 Å². The minimum absolute atomic E-state index is 0.100. The molecule has 9 nitrogen and oxygen atoms in total. The molecule has 0 heterocycles. The van der Waals surface area contributed by atoms with Gasteiger partial charge in [0.25, 0.3) is 11.8 Å². The topological polar surface area (TPSA) is 149 Å². The fourth-order valence-corrected chi connectivity index (χ4v) is 4.18. The summed E-state index contributed by atoms with van der Waals surface area (Å²) in [5, 5.41) is 15.9. The lowest BCUT2D eigenvalue weighted by Crippen LogP contribution is -2.16. The van der Waals surface area contributed by atoms with Crippen LogP contribution in [0.25, 0.3) is 0 Å². The van der Waals surface area contributed by atoms with Crippen molar-refractivity contribution in [2.24, 2.45) is 0 Å². The zero-order chi connectivity index (χ0) is 30.5. The summed E-state index contributed by atoms with van der Waals surface area (Å²) in [5.74, 6) is 1.05. The van der Waals surface area contributed by atoms with Crippen LogP contribution in [0.2, 0.25) is 0 Å². The summed E-state index contributed by atoms with van der Waals surface area (Å²) in [6.07, 6.45) is 0. The number of aryl methyl sites for hydroxylation is 2. The van der Waals surface area contributed by atoms with Gasteiger partial charge in [0.05, 0.1) is 0 Å². The molecule has 5 aromatic rings. The predicted octanol–water partition coefficient (Wildman–Crippen LogP) is 7.26. The lowest BCUT2D eigenvalue weighted by molar-refractivity contribution is 0.102. The lowest BCUT2D eigenvalue weighted by atomic mass is 10.1. The third-order valence-corrected chi connectivity index (χ3v) is 6.55. The predicted molar refractivity (Wildman–Crippen MR) is 168 cm³/mol. The van der Waals surface area contributed by atoms with Gasteiger partial charge in [0.2, 0.25) is 0 Å². The molecule has 7 N–H and O–H groups in total. The number of nitrogens with one attached hydrogen (secondary N) is 2. The Hall–Kier alpha value is -5.96. The number of aromatic hydroxyl groups is 1. The Labute approximate surface area is 248 Å². The van der Waals surface area contributed by atoms with E-state index in [2.05, 4.69) is 10.6 Å². The van der Waals surface area contributed by atoms with E-state index in [9.17, 15) is 14.7 Å². The van der Waals surface area contributed by atoms with E-state index in [4.69, 9.17) is 20.9 Å². The van der Waals surface area contributed by atoms with Gasteiger partial charge in [-0.05, 0) is 104 Å². The molecule has 0 fully saturated rings. The molecule has 0 bridgehead atoms. The number of ether oxygens (including phenoxy) is 2. The van der Waals surface area contributed by atoms with Gasteiger partial charge in [-0.3, -0.25) is 9.59 Å². The Morgan fingerprint density at radius 3 is 1.37 bits per heavy atom. The third kappa shape index (κ3) is 7.22. The number of hydrogen-bond donors (Lipinski definition) is 5. The second-order valence-corrected chi connectivity index (χ2v) is 9.98. The normalized spacial score (nSPS) is 10.6. The van der Waals surface area contributed by atoms with E-state index in [0.717, 1.165) is 11.1 Å². The lowest BCUT2D eigenvalue weighted by Gasteiger charge is -2.13. The monoisotopic (exact) mass is 574 g/mol. The van der Waals surface area contributed by atoms with Crippen LogP contribution in [-0.2, 0) is 0 Å². The van der Waals surface area contributed by atoms with Crippen molar-refractivity contribution in [3.05, 3.63) is 125 Å². The largest absolute Gasteiger partial charge is 0.508 e. The number of nitrogen functional groups attached to an aromatic ring is 2. The number of amides is 2. The Kier molecular flexibility index (Phi) is 8.15. The standard InChI is InChI=1S/C34H30N4O5/c1-20-3-9-26(18-31(20)42-29-11-5-24(35)6-12-29)37-33(40)22-15-23(17-28(39)16-22)34(41)38-27-10-4-21(2)32(19-27)43-30-13-7-25(36)8-14-30/h3-19,39H,35-36H2,1-2H3,(H,37,40)(H,38,41). The number of carbonyl (C=O) groups is 2. The first-order valence-corrected chi connectivity index (χ1v) is 13.4. The second-order valence-electron chi connectivity index (χ2n) is 9.98. The summed E-state index contributed by atoms with van der Waals surface area (Å²) in [6.45, 7) is 3.78. The molecule has 0 aromatic heterocycles. The van der Waals surface area contributed by atoms with E-state index in [0.29, 0.717) is 45.7 Å². The van der Waals surface area contributed by atoms with Crippen molar-refractivity contribution >= 4 is 34.6 Å². The maximum atomic E-state index is 13.1. The van der Waals surface area contributed by atoms with Gasteiger partial charge in [-0.2, -0.15) is 0 Å². The number of hydrogen-bond acceptors (Lipinski definition) is 7. The van der Waals surface area contributed by atoms with Crippen LogP contribution in [-0.4, -0.2) is 16.9 Å². The molecule has 0 aliphatic rings. The molecule has 0 saturated heterocycles. The van der Waals surface area contributed by atoms with Gasteiger partial charge in [-0.25, -0.2) is 0 Å². The maximum absolute atomic E-state index is 13.1. The van der Waals surface area contributed by atoms with Gasteiger partial charge >= 0.3 is 0 Å². The third-order valence-electron chi connectivity index (χ3n) is 6.55. The highest BCUT2D eigenvalue weighted by atomic mass is 16.5. The molecule has 0 aliphatic heterocycles. The SMILES string of the molecule is Cc1ccc(NC(=O)c2cc(O)cc(C(=O)Nc3ccc(C)c(Oc4ccc(N)cc4)c3)c2)cc1Oc1ccc(N)cc1. The van der Waals surface area contributed by atoms with Crippen LogP contribution in [0.3, 0.4) is 0 Å². The Bertz CT molecular complexity index is 1670. The molecule has 0 unspecified atom stereocenters. The van der Waals surface area contributed by atoms with E-state index in [-0.39, 0.29) is 16.9 Å². The Morgan fingerprint density at radius 2 is 0.977 bits per heavy atom. The van der Waals surface area contributed by atoms with Crippen LogP contribution in [0.4, 0.5) is 22.7 Å². The fourth-order valence-electron chi connectivity index (χ4n) is 4.18. The van der Waals surface area contributed by atoms with Crippen LogP contribution in [0, 0.1) is 13.8 Å². The van der Waals surface area contributed by atoms with Crippen molar-refractivity contribution in [2.75, 3.05) is 22.1 Å². The number of phenols is 1. The van der Waals surface area contributed by atoms with E-state index < -0.39 is 11.8 Å². The van der Waals surface area contributed by atoms with Gasteiger partial charge < -0.3 is 36.7 Å². The number of carbonyl (C=O) groups excluding carboxylic acids is 2. The van der Waals surface area contributed by atoms with Crippen molar-refractivity contribution in [3.8, 4) is 28.7 Å². The molecule has 2 amide bonds. The van der Waals surface area contributed by atoms with E-state index in [1.165, 1.54) is 18.2 Å².